The average molecular weight is 473 g/mol. The Kier molecular flexibility index (Phi) is 8.27. The first kappa shape index (κ1) is 23.8. The van der Waals surface area contributed by atoms with Crippen molar-refractivity contribution in [1.82, 2.24) is 10.0 Å². The number of benzene rings is 3. The molecule has 0 aliphatic heterocycles. The Labute approximate surface area is 193 Å². The molecule has 0 aromatic heterocycles. The van der Waals surface area contributed by atoms with Gasteiger partial charge in [0, 0.05) is 6.54 Å². The van der Waals surface area contributed by atoms with Crippen molar-refractivity contribution in [3.63, 3.8) is 0 Å². The molecule has 8 heteroatoms. The molecule has 0 aliphatic carbocycles. The molecule has 0 heterocycles. The summed E-state index contributed by atoms with van der Waals surface area (Å²) in [6.45, 7) is 1.94. The molecule has 1 amide bonds. The molecule has 0 radical (unpaired) electrons. The largest absolute Gasteiger partial charge is 0.482 e. The van der Waals surface area contributed by atoms with E-state index in [1.54, 1.807) is 0 Å². The second-order valence-electron chi connectivity index (χ2n) is 7.10. The standard InChI is InChI=1S/C24H25ClN2O4S/c1-2-15-26-32(29,30)20-13-14-22(21(25)16-20)31-17-23(28)27-24(18-9-5-3-6-10-18)19-11-7-4-8-12-19/h3-14,16,24,26H,2,15,17H2,1H3,(H,27,28). The molecule has 0 saturated heterocycles. The van der Waals surface area contributed by atoms with Gasteiger partial charge in [0.2, 0.25) is 10.0 Å². The van der Waals surface area contributed by atoms with Crippen LogP contribution in [0.2, 0.25) is 5.02 Å². The maximum absolute atomic E-state index is 12.6. The quantitative estimate of drug-likeness (QED) is 0.460. The van der Waals surface area contributed by atoms with Gasteiger partial charge < -0.3 is 10.1 Å². The highest BCUT2D eigenvalue weighted by molar-refractivity contribution is 7.89. The van der Waals surface area contributed by atoms with Crippen molar-refractivity contribution in [2.75, 3.05) is 13.2 Å². The summed E-state index contributed by atoms with van der Waals surface area (Å²) in [6.07, 6.45) is 0.677. The molecule has 2 N–H and O–H groups in total. The van der Waals surface area contributed by atoms with E-state index in [9.17, 15) is 13.2 Å². The Morgan fingerprint density at radius 3 is 2.09 bits per heavy atom. The summed E-state index contributed by atoms with van der Waals surface area (Å²) < 4.78 is 32.5. The van der Waals surface area contributed by atoms with Crippen molar-refractivity contribution in [2.24, 2.45) is 0 Å². The third kappa shape index (κ3) is 6.32. The average Bonchev–Trinajstić information content (AvgIpc) is 2.81. The number of hydrogen-bond donors (Lipinski definition) is 2. The number of rotatable bonds is 10. The molecular weight excluding hydrogens is 448 g/mol. The molecule has 3 aromatic carbocycles. The van der Waals surface area contributed by atoms with Crippen LogP contribution in [0.4, 0.5) is 0 Å². The molecule has 0 aliphatic rings. The van der Waals surface area contributed by atoms with Gasteiger partial charge in [0.25, 0.3) is 5.91 Å². The van der Waals surface area contributed by atoms with Gasteiger partial charge in [0.1, 0.15) is 5.75 Å². The number of amides is 1. The molecule has 0 bridgehead atoms. The number of sulfonamides is 1. The van der Waals surface area contributed by atoms with E-state index >= 15 is 0 Å². The van der Waals surface area contributed by atoms with E-state index < -0.39 is 10.0 Å². The number of nitrogens with one attached hydrogen (secondary N) is 2. The van der Waals surface area contributed by atoms with Crippen molar-refractivity contribution in [1.29, 1.82) is 0 Å². The Morgan fingerprint density at radius 2 is 1.56 bits per heavy atom. The Hall–Kier alpha value is -2.87. The molecule has 0 atom stereocenters. The summed E-state index contributed by atoms with van der Waals surface area (Å²) in [4.78, 5) is 12.7. The van der Waals surface area contributed by atoms with Crippen LogP contribution in [0, 0.1) is 0 Å². The maximum atomic E-state index is 12.6. The van der Waals surface area contributed by atoms with Gasteiger partial charge in [-0.3, -0.25) is 4.79 Å². The van der Waals surface area contributed by atoms with Crippen molar-refractivity contribution in [3.8, 4) is 5.75 Å². The number of carbonyl (C=O) groups excluding carboxylic acids is 1. The zero-order valence-corrected chi connectivity index (χ0v) is 19.2. The number of carbonyl (C=O) groups is 1. The molecule has 32 heavy (non-hydrogen) atoms. The van der Waals surface area contributed by atoms with E-state index in [4.69, 9.17) is 16.3 Å². The van der Waals surface area contributed by atoms with Crippen molar-refractivity contribution in [2.45, 2.75) is 24.3 Å². The molecule has 3 aromatic rings. The maximum Gasteiger partial charge on any atom is 0.258 e. The highest BCUT2D eigenvalue weighted by atomic mass is 35.5. The lowest BCUT2D eigenvalue weighted by Crippen LogP contribution is -2.33. The summed E-state index contributed by atoms with van der Waals surface area (Å²) in [5.41, 5.74) is 1.89. The lowest BCUT2D eigenvalue weighted by molar-refractivity contribution is -0.123. The number of hydrogen-bond acceptors (Lipinski definition) is 4. The van der Waals surface area contributed by atoms with Gasteiger partial charge in [-0.2, -0.15) is 0 Å². The van der Waals surface area contributed by atoms with Gasteiger partial charge in [-0.25, -0.2) is 13.1 Å². The van der Waals surface area contributed by atoms with Gasteiger partial charge in [-0.15, -0.1) is 0 Å². The van der Waals surface area contributed by atoms with Gasteiger partial charge >= 0.3 is 0 Å². The second kappa shape index (κ2) is 11.1. The predicted molar refractivity (Wildman–Crippen MR) is 125 cm³/mol. The van der Waals surface area contributed by atoms with E-state index in [1.165, 1.54) is 18.2 Å². The number of halogens is 1. The normalized spacial score (nSPS) is 11.3. The summed E-state index contributed by atoms with van der Waals surface area (Å²) in [5.74, 6) is -0.104. The lowest BCUT2D eigenvalue weighted by atomic mass is 9.99. The predicted octanol–water partition coefficient (Wildman–Crippen LogP) is 4.31. The molecule has 0 spiro atoms. The van der Waals surface area contributed by atoms with E-state index in [1.807, 2.05) is 67.6 Å². The van der Waals surface area contributed by atoms with Crippen LogP contribution in [-0.2, 0) is 14.8 Å². The molecule has 0 unspecified atom stereocenters. The smallest absolute Gasteiger partial charge is 0.258 e. The summed E-state index contributed by atoms with van der Waals surface area (Å²) in [7, 11) is -3.64. The Bertz CT molecular complexity index is 1100. The molecule has 0 fully saturated rings. The van der Waals surface area contributed by atoms with E-state index in [0.29, 0.717) is 13.0 Å². The Balaban J connectivity index is 1.68. The second-order valence-corrected chi connectivity index (χ2v) is 9.27. The van der Waals surface area contributed by atoms with E-state index in [2.05, 4.69) is 10.0 Å². The van der Waals surface area contributed by atoms with Crippen LogP contribution in [0.1, 0.15) is 30.5 Å². The molecule has 168 valence electrons. The number of ether oxygens (including phenoxy) is 1. The zero-order chi connectivity index (χ0) is 23.0. The highest BCUT2D eigenvalue weighted by Gasteiger charge is 2.18. The fraction of sp³-hybridized carbons (Fsp3) is 0.208. The third-order valence-electron chi connectivity index (χ3n) is 4.69. The molecule has 6 nitrogen and oxygen atoms in total. The Morgan fingerprint density at radius 1 is 0.969 bits per heavy atom. The van der Waals surface area contributed by atoms with Crippen LogP contribution in [0.3, 0.4) is 0 Å². The van der Waals surface area contributed by atoms with Crippen LogP contribution in [0.5, 0.6) is 5.75 Å². The first-order valence-corrected chi connectivity index (χ1v) is 12.1. The van der Waals surface area contributed by atoms with Crippen LogP contribution in [0.25, 0.3) is 0 Å². The fourth-order valence-electron chi connectivity index (χ4n) is 3.08. The molecular formula is C24H25ClN2O4S. The summed E-state index contributed by atoms with van der Waals surface area (Å²) in [5, 5.41) is 3.10. The van der Waals surface area contributed by atoms with Crippen LogP contribution in [0.15, 0.2) is 83.8 Å². The SMILES string of the molecule is CCCNS(=O)(=O)c1ccc(OCC(=O)NC(c2ccccc2)c2ccccc2)c(Cl)c1. The molecule has 3 rings (SSSR count). The molecule has 0 saturated carbocycles. The van der Waals surface area contributed by atoms with Crippen molar-refractivity contribution in [3.05, 3.63) is 95.0 Å². The monoisotopic (exact) mass is 472 g/mol. The summed E-state index contributed by atoms with van der Waals surface area (Å²) >= 11 is 6.20. The van der Waals surface area contributed by atoms with Crippen molar-refractivity contribution >= 4 is 27.5 Å². The van der Waals surface area contributed by atoms with E-state index in [0.717, 1.165) is 11.1 Å². The van der Waals surface area contributed by atoms with Gasteiger partial charge in [-0.05, 0) is 35.7 Å². The minimum absolute atomic E-state index is 0.0426. The first-order chi connectivity index (χ1) is 15.4. The lowest BCUT2D eigenvalue weighted by Gasteiger charge is -2.20. The van der Waals surface area contributed by atoms with Gasteiger partial charge in [-0.1, -0.05) is 79.2 Å². The van der Waals surface area contributed by atoms with Gasteiger partial charge in [0.15, 0.2) is 6.61 Å². The van der Waals surface area contributed by atoms with Crippen LogP contribution in [-0.4, -0.2) is 27.5 Å². The zero-order valence-electron chi connectivity index (χ0n) is 17.6. The minimum atomic E-state index is -3.64. The minimum Gasteiger partial charge on any atom is -0.482 e. The fourth-order valence-corrected chi connectivity index (χ4v) is 4.54. The van der Waals surface area contributed by atoms with E-state index in [-0.39, 0.29) is 34.2 Å². The summed E-state index contributed by atoms with van der Waals surface area (Å²) in [6, 6.07) is 23.1. The topological polar surface area (TPSA) is 84.5 Å². The van der Waals surface area contributed by atoms with Crippen LogP contribution < -0.4 is 14.8 Å². The third-order valence-corrected chi connectivity index (χ3v) is 6.44. The van der Waals surface area contributed by atoms with Crippen LogP contribution >= 0.6 is 11.6 Å². The van der Waals surface area contributed by atoms with Gasteiger partial charge in [0.05, 0.1) is 16.0 Å². The highest BCUT2D eigenvalue weighted by Crippen LogP contribution is 2.27. The van der Waals surface area contributed by atoms with Crippen molar-refractivity contribution < 1.29 is 17.9 Å². The first-order valence-electron chi connectivity index (χ1n) is 10.2.